The summed E-state index contributed by atoms with van der Waals surface area (Å²) in [6.45, 7) is 3.57. The number of carbonyl (C=O) groups excluding carboxylic acids is 1. The Balaban J connectivity index is 1.36. The Morgan fingerprint density at radius 2 is 2.17 bits per heavy atom. The number of amides is 1. The molecule has 24 heavy (non-hydrogen) atoms. The van der Waals surface area contributed by atoms with Crippen molar-refractivity contribution in [2.24, 2.45) is 5.92 Å². The molecule has 0 spiro atoms. The van der Waals surface area contributed by atoms with Crippen molar-refractivity contribution in [3.05, 3.63) is 33.2 Å². The molecule has 1 aromatic rings. The molecule has 3 rings (SSSR count). The quantitative estimate of drug-likeness (QED) is 0.739. The molecule has 1 saturated heterocycles. The second-order valence-corrected chi connectivity index (χ2v) is 6.61. The zero-order chi connectivity index (χ0) is 16.8. The summed E-state index contributed by atoms with van der Waals surface area (Å²) in [5.41, 5.74) is 2.01. The van der Waals surface area contributed by atoms with Gasteiger partial charge in [-0.05, 0) is 56.1 Å². The largest absolute Gasteiger partial charge is 0.381 e. The lowest BCUT2D eigenvalue weighted by Gasteiger charge is -2.21. The number of aryl methyl sites for hydroxylation is 2. The van der Waals surface area contributed by atoms with Crippen molar-refractivity contribution in [2.45, 2.75) is 38.5 Å². The van der Waals surface area contributed by atoms with Gasteiger partial charge >= 0.3 is 0 Å². The summed E-state index contributed by atoms with van der Waals surface area (Å²) in [5, 5.41) is 2.81. The lowest BCUT2D eigenvalue weighted by molar-refractivity contribution is 0.0202. The van der Waals surface area contributed by atoms with Crippen LogP contribution in [0, 0.1) is 5.92 Å². The number of hydrogen-bond donors (Lipinski definition) is 2. The van der Waals surface area contributed by atoms with Crippen LogP contribution in [0.2, 0.25) is 0 Å². The van der Waals surface area contributed by atoms with E-state index >= 15 is 0 Å². The number of rotatable bonds is 7. The summed E-state index contributed by atoms with van der Waals surface area (Å²) >= 11 is 0. The molecule has 1 fully saturated rings. The van der Waals surface area contributed by atoms with Crippen LogP contribution in [0.25, 0.3) is 0 Å². The van der Waals surface area contributed by atoms with Gasteiger partial charge in [0, 0.05) is 38.7 Å². The van der Waals surface area contributed by atoms with Crippen LogP contribution < -0.4 is 10.9 Å². The molecular weight excluding hydrogens is 308 g/mol. The summed E-state index contributed by atoms with van der Waals surface area (Å²) in [6.07, 6.45) is 5.76. The van der Waals surface area contributed by atoms with Crippen molar-refractivity contribution in [3.8, 4) is 0 Å². The molecule has 0 saturated carbocycles. The van der Waals surface area contributed by atoms with Gasteiger partial charge in [0.2, 0.25) is 0 Å². The first kappa shape index (κ1) is 17.2. The van der Waals surface area contributed by atoms with Gasteiger partial charge in [-0.2, -0.15) is 0 Å². The third kappa shape index (κ3) is 4.45. The van der Waals surface area contributed by atoms with E-state index in [1.54, 1.807) is 6.07 Å². The molecule has 6 heteroatoms. The van der Waals surface area contributed by atoms with Gasteiger partial charge in [0.1, 0.15) is 5.56 Å². The van der Waals surface area contributed by atoms with Gasteiger partial charge in [-0.1, -0.05) is 0 Å². The number of fused-ring (bicyclic) bond motifs is 1. The highest BCUT2D eigenvalue weighted by Crippen LogP contribution is 2.18. The SMILES string of the molecule is O=C(NCCCOCC1CCOCC1)c1cc2c([nH]c1=O)CCC2. The molecule has 0 aromatic carbocycles. The van der Waals surface area contributed by atoms with Crippen LogP contribution in [0.15, 0.2) is 10.9 Å². The van der Waals surface area contributed by atoms with E-state index in [0.717, 1.165) is 69.6 Å². The molecule has 1 aliphatic carbocycles. The molecule has 0 unspecified atom stereocenters. The fourth-order valence-electron chi connectivity index (χ4n) is 3.32. The topological polar surface area (TPSA) is 80.4 Å². The average molecular weight is 334 g/mol. The Bertz CT molecular complexity index is 620. The predicted molar refractivity (Wildman–Crippen MR) is 90.4 cm³/mol. The fraction of sp³-hybridized carbons (Fsp3) is 0.667. The van der Waals surface area contributed by atoms with Crippen LogP contribution >= 0.6 is 0 Å². The maximum Gasteiger partial charge on any atom is 0.261 e. The number of hydrogen-bond acceptors (Lipinski definition) is 4. The third-order valence-corrected chi connectivity index (χ3v) is 4.78. The monoisotopic (exact) mass is 334 g/mol. The van der Waals surface area contributed by atoms with Gasteiger partial charge in [0.05, 0.1) is 0 Å². The van der Waals surface area contributed by atoms with Crippen LogP contribution in [0.5, 0.6) is 0 Å². The Morgan fingerprint density at radius 3 is 3.00 bits per heavy atom. The molecule has 2 aliphatic rings. The molecule has 2 heterocycles. The Hall–Kier alpha value is -1.66. The number of pyridine rings is 1. The molecule has 1 amide bonds. The Morgan fingerprint density at radius 1 is 1.33 bits per heavy atom. The van der Waals surface area contributed by atoms with E-state index in [2.05, 4.69) is 10.3 Å². The molecule has 0 bridgehead atoms. The fourth-order valence-corrected chi connectivity index (χ4v) is 3.32. The van der Waals surface area contributed by atoms with Crippen molar-refractivity contribution in [2.75, 3.05) is 33.0 Å². The Labute approximate surface area is 141 Å². The lowest BCUT2D eigenvalue weighted by Crippen LogP contribution is -2.31. The normalized spacial score (nSPS) is 17.7. The van der Waals surface area contributed by atoms with E-state index in [1.165, 1.54) is 0 Å². The maximum absolute atomic E-state index is 12.2. The zero-order valence-corrected chi connectivity index (χ0v) is 14.1. The standard InChI is InChI=1S/C18H26N2O4/c21-17(15-11-14-3-1-4-16(14)20-18(15)22)19-7-2-8-24-12-13-5-9-23-10-6-13/h11,13H,1-10,12H2,(H,19,21)(H,20,22). The smallest absolute Gasteiger partial charge is 0.261 e. The van der Waals surface area contributed by atoms with E-state index in [1.807, 2.05) is 0 Å². The predicted octanol–water partition coefficient (Wildman–Crippen LogP) is 1.43. The van der Waals surface area contributed by atoms with Gasteiger partial charge in [0.15, 0.2) is 0 Å². The van der Waals surface area contributed by atoms with Crippen LogP contribution in [0.4, 0.5) is 0 Å². The molecule has 6 nitrogen and oxygen atoms in total. The molecule has 1 aromatic heterocycles. The molecule has 1 aliphatic heterocycles. The minimum Gasteiger partial charge on any atom is -0.381 e. The van der Waals surface area contributed by atoms with Crippen LogP contribution in [0.1, 0.15) is 47.3 Å². The van der Waals surface area contributed by atoms with Crippen LogP contribution in [-0.4, -0.2) is 43.9 Å². The molecule has 132 valence electrons. The highest BCUT2D eigenvalue weighted by Gasteiger charge is 2.18. The number of nitrogens with one attached hydrogen (secondary N) is 2. The second-order valence-electron chi connectivity index (χ2n) is 6.61. The molecule has 0 radical (unpaired) electrons. The first-order chi connectivity index (χ1) is 11.7. The first-order valence-corrected chi connectivity index (χ1v) is 8.93. The van der Waals surface area contributed by atoms with Crippen molar-refractivity contribution in [1.82, 2.24) is 10.3 Å². The van der Waals surface area contributed by atoms with Crippen molar-refractivity contribution >= 4 is 5.91 Å². The highest BCUT2D eigenvalue weighted by molar-refractivity contribution is 5.94. The third-order valence-electron chi connectivity index (χ3n) is 4.78. The number of H-pyrrole nitrogens is 1. The summed E-state index contributed by atoms with van der Waals surface area (Å²) in [6, 6.07) is 1.75. The van der Waals surface area contributed by atoms with E-state index in [4.69, 9.17) is 9.47 Å². The lowest BCUT2D eigenvalue weighted by atomic mass is 10.0. The van der Waals surface area contributed by atoms with E-state index in [-0.39, 0.29) is 17.0 Å². The minimum absolute atomic E-state index is 0.221. The second kappa shape index (κ2) is 8.44. The van der Waals surface area contributed by atoms with Crippen LogP contribution in [0.3, 0.4) is 0 Å². The minimum atomic E-state index is -0.296. The first-order valence-electron chi connectivity index (χ1n) is 8.93. The van der Waals surface area contributed by atoms with Crippen molar-refractivity contribution in [3.63, 3.8) is 0 Å². The summed E-state index contributed by atoms with van der Waals surface area (Å²) in [5.74, 6) is 0.300. The highest BCUT2D eigenvalue weighted by atomic mass is 16.5. The summed E-state index contributed by atoms with van der Waals surface area (Å²) in [7, 11) is 0. The van der Waals surface area contributed by atoms with E-state index in [0.29, 0.717) is 19.1 Å². The van der Waals surface area contributed by atoms with Crippen molar-refractivity contribution < 1.29 is 14.3 Å². The number of ether oxygens (including phenoxy) is 2. The van der Waals surface area contributed by atoms with E-state index in [9.17, 15) is 9.59 Å². The molecule has 2 N–H and O–H groups in total. The zero-order valence-electron chi connectivity index (χ0n) is 14.1. The van der Waals surface area contributed by atoms with Crippen LogP contribution in [-0.2, 0) is 22.3 Å². The molecular formula is C18H26N2O4. The Kier molecular flexibility index (Phi) is 6.04. The van der Waals surface area contributed by atoms with Crippen molar-refractivity contribution in [1.29, 1.82) is 0 Å². The summed E-state index contributed by atoms with van der Waals surface area (Å²) < 4.78 is 11.0. The number of aromatic nitrogens is 1. The summed E-state index contributed by atoms with van der Waals surface area (Å²) in [4.78, 5) is 27.0. The van der Waals surface area contributed by atoms with Gasteiger partial charge < -0.3 is 19.8 Å². The van der Waals surface area contributed by atoms with Gasteiger partial charge in [-0.3, -0.25) is 9.59 Å². The molecule has 0 atom stereocenters. The number of carbonyl (C=O) groups is 1. The average Bonchev–Trinajstić information content (AvgIpc) is 3.05. The van der Waals surface area contributed by atoms with Gasteiger partial charge in [-0.15, -0.1) is 0 Å². The van der Waals surface area contributed by atoms with E-state index < -0.39 is 0 Å². The maximum atomic E-state index is 12.2. The van der Waals surface area contributed by atoms with Gasteiger partial charge in [-0.25, -0.2) is 0 Å². The van der Waals surface area contributed by atoms with Gasteiger partial charge in [0.25, 0.3) is 11.5 Å². The number of aromatic amines is 1.